The Morgan fingerprint density at radius 3 is 1.23 bits per heavy atom. The second kappa shape index (κ2) is 16.0. The zero-order valence-electron chi connectivity index (χ0n) is 15.4. The summed E-state index contributed by atoms with van der Waals surface area (Å²) >= 11 is 0. The van der Waals surface area contributed by atoms with Crippen LogP contribution in [0.4, 0.5) is 0 Å². The molecule has 0 aromatic rings. The molecule has 0 N–H and O–H groups in total. The Balaban J connectivity index is 3.75. The molecule has 0 aliphatic carbocycles. The Kier molecular flexibility index (Phi) is 16.1. The van der Waals surface area contributed by atoms with E-state index in [-0.39, 0.29) is 0 Å². The number of rotatable bonds is 16. The molecule has 0 unspecified atom stereocenters. The van der Waals surface area contributed by atoms with Crippen LogP contribution in [0.3, 0.4) is 0 Å². The number of hydrogen-bond acceptors (Lipinski definition) is 3. The molecule has 0 rings (SSSR count). The van der Waals surface area contributed by atoms with Gasteiger partial charge in [0.2, 0.25) is 0 Å². The topological polar surface area (TPSA) is 35.5 Å². The summed E-state index contributed by atoms with van der Waals surface area (Å²) in [6.07, 6.45) is 11.9. The minimum atomic E-state index is -2.29. The lowest BCUT2D eigenvalue weighted by atomic mass is 9.95. The van der Waals surface area contributed by atoms with E-state index in [1.54, 1.807) is 0 Å². The van der Waals surface area contributed by atoms with Crippen LogP contribution in [0.1, 0.15) is 91.9 Å². The fourth-order valence-electron chi connectivity index (χ4n) is 3.16. The van der Waals surface area contributed by atoms with E-state index in [0.29, 0.717) is 25.0 Å². The van der Waals surface area contributed by atoms with Crippen LogP contribution < -0.4 is 0 Å². The fourth-order valence-corrected chi connectivity index (χ4v) is 3.81. The van der Waals surface area contributed by atoms with Crippen LogP contribution in [0.2, 0.25) is 0 Å². The normalized spacial score (nSPS) is 12.0. The van der Waals surface area contributed by atoms with Crippen molar-refractivity contribution in [2.75, 3.05) is 13.2 Å². The highest BCUT2D eigenvalue weighted by Crippen LogP contribution is 2.28. The maximum atomic E-state index is 11.8. The van der Waals surface area contributed by atoms with Gasteiger partial charge in [0.05, 0.1) is 13.2 Å². The first kappa shape index (κ1) is 22.1. The summed E-state index contributed by atoms with van der Waals surface area (Å²) in [6.45, 7) is 10.0. The van der Waals surface area contributed by atoms with Gasteiger partial charge in [-0.15, -0.1) is 0 Å². The Labute approximate surface area is 139 Å². The Morgan fingerprint density at radius 1 is 0.636 bits per heavy atom. The van der Waals surface area contributed by atoms with E-state index in [0.717, 1.165) is 12.8 Å². The van der Waals surface area contributed by atoms with Crippen LogP contribution in [-0.2, 0) is 13.6 Å². The van der Waals surface area contributed by atoms with E-state index >= 15 is 0 Å². The van der Waals surface area contributed by atoms with Crippen molar-refractivity contribution < 1.29 is 13.6 Å². The van der Waals surface area contributed by atoms with E-state index in [1.807, 2.05) is 0 Å². The average Bonchev–Trinajstić information content (AvgIpc) is 2.48. The van der Waals surface area contributed by atoms with Gasteiger partial charge in [0, 0.05) is 0 Å². The van der Waals surface area contributed by atoms with Gasteiger partial charge in [-0.05, 0) is 24.7 Å². The molecule has 134 valence electrons. The van der Waals surface area contributed by atoms with E-state index in [9.17, 15) is 4.57 Å². The molecule has 3 nitrogen and oxygen atoms in total. The van der Waals surface area contributed by atoms with Crippen LogP contribution >= 0.6 is 8.25 Å². The molecule has 0 saturated carbocycles. The van der Waals surface area contributed by atoms with Crippen molar-refractivity contribution in [1.29, 1.82) is 0 Å². The summed E-state index contributed by atoms with van der Waals surface area (Å²) in [7, 11) is -2.29. The van der Waals surface area contributed by atoms with Crippen molar-refractivity contribution in [3.63, 3.8) is 0 Å². The second-order valence-corrected chi connectivity index (χ2v) is 7.49. The molecular formula is C18H39O3P. The van der Waals surface area contributed by atoms with Crippen LogP contribution in [0.25, 0.3) is 0 Å². The van der Waals surface area contributed by atoms with Gasteiger partial charge in [0.25, 0.3) is 0 Å². The maximum absolute atomic E-state index is 11.8. The Morgan fingerprint density at radius 2 is 0.955 bits per heavy atom. The lowest BCUT2D eigenvalue weighted by Crippen LogP contribution is -2.05. The Bertz CT molecular complexity index is 223. The highest BCUT2D eigenvalue weighted by molar-refractivity contribution is 7.33. The Hall–Kier alpha value is 0.150. The molecule has 0 bridgehead atoms. The van der Waals surface area contributed by atoms with E-state index in [4.69, 9.17) is 9.05 Å². The predicted octanol–water partition coefficient (Wildman–Crippen LogP) is 6.62. The SMILES string of the molecule is CCCC(CCC)CCO[PH](=O)OCCC(CCC)CCC. The van der Waals surface area contributed by atoms with Crippen molar-refractivity contribution in [1.82, 2.24) is 0 Å². The highest BCUT2D eigenvalue weighted by atomic mass is 31.1. The van der Waals surface area contributed by atoms with Gasteiger partial charge in [-0.3, -0.25) is 4.57 Å². The van der Waals surface area contributed by atoms with Gasteiger partial charge in [-0.1, -0.05) is 79.1 Å². The van der Waals surface area contributed by atoms with Gasteiger partial charge in [-0.25, -0.2) is 0 Å². The van der Waals surface area contributed by atoms with Gasteiger partial charge >= 0.3 is 8.25 Å². The van der Waals surface area contributed by atoms with Gasteiger partial charge in [0.1, 0.15) is 0 Å². The first-order chi connectivity index (χ1) is 10.7. The predicted molar refractivity (Wildman–Crippen MR) is 96.8 cm³/mol. The van der Waals surface area contributed by atoms with Gasteiger partial charge < -0.3 is 9.05 Å². The van der Waals surface area contributed by atoms with E-state index in [1.165, 1.54) is 51.4 Å². The molecular weight excluding hydrogens is 295 g/mol. The third kappa shape index (κ3) is 12.7. The zero-order chi connectivity index (χ0) is 16.6. The van der Waals surface area contributed by atoms with Crippen LogP contribution in [0.5, 0.6) is 0 Å². The molecule has 0 heterocycles. The molecule has 0 saturated heterocycles. The van der Waals surface area contributed by atoms with Crippen molar-refractivity contribution in [2.45, 2.75) is 91.9 Å². The summed E-state index contributed by atoms with van der Waals surface area (Å²) < 4.78 is 22.6. The van der Waals surface area contributed by atoms with E-state index < -0.39 is 8.25 Å². The van der Waals surface area contributed by atoms with Crippen LogP contribution in [0.15, 0.2) is 0 Å². The minimum absolute atomic E-state index is 0.579. The zero-order valence-corrected chi connectivity index (χ0v) is 16.4. The average molecular weight is 334 g/mol. The quantitative estimate of drug-likeness (QED) is 0.297. The molecule has 22 heavy (non-hydrogen) atoms. The van der Waals surface area contributed by atoms with Crippen molar-refractivity contribution in [3.05, 3.63) is 0 Å². The summed E-state index contributed by atoms with van der Waals surface area (Å²) in [5.74, 6) is 1.42. The molecule has 0 aliphatic rings. The van der Waals surface area contributed by atoms with Crippen LogP contribution in [0, 0.1) is 11.8 Å². The minimum Gasteiger partial charge on any atom is -0.311 e. The van der Waals surface area contributed by atoms with Crippen molar-refractivity contribution in [3.8, 4) is 0 Å². The summed E-state index contributed by atoms with van der Waals surface area (Å²) in [5.41, 5.74) is 0. The molecule has 0 radical (unpaired) electrons. The third-order valence-corrected chi connectivity index (χ3v) is 5.16. The molecule has 0 amide bonds. The molecule has 0 aromatic carbocycles. The molecule has 0 aromatic heterocycles. The lowest BCUT2D eigenvalue weighted by molar-refractivity contribution is 0.196. The van der Waals surface area contributed by atoms with Gasteiger partial charge in [0.15, 0.2) is 0 Å². The van der Waals surface area contributed by atoms with E-state index in [2.05, 4.69) is 27.7 Å². The maximum Gasteiger partial charge on any atom is 0.319 e. The summed E-state index contributed by atoms with van der Waals surface area (Å²) in [5, 5.41) is 0. The summed E-state index contributed by atoms with van der Waals surface area (Å²) in [4.78, 5) is 0. The second-order valence-electron chi connectivity index (χ2n) is 6.41. The molecule has 0 aliphatic heterocycles. The first-order valence-electron chi connectivity index (χ1n) is 9.47. The number of hydrogen-bond donors (Lipinski definition) is 0. The standard InChI is InChI=1S/C18H39O3P/c1-5-9-17(10-6-2)13-15-20-22(19)21-16-14-18(11-7-3)12-8-4/h17-18,22H,5-16H2,1-4H3. The first-order valence-corrected chi connectivity index (χ1v) is 10.7. The van der Waals surface area contributed by atoms with Crippen LogP contribution in [-0.4, -0.2) is 13.2 Å². The van der Waals surface area contributed by atoms with Gasteiger partial charge in [-0.2, -0.15) is 0 Å². The smallest absolute Gasteiger partial charge is 0.311 e. The molecule has 0 atom stereocenters. The monoisotopic (exact) mass is 334 g/mol. The molecule has 0 fully saturated rings. The van der Waals surface area contributed by atoms with Crippen molar-refractivity contribution in [2.24, 2.45) is 11.8 Å². The van der Waals surface area contributed by atoms with Crippen molar-refractivity contribution >= 4 is 8.25 Å². The fraction of sp³-hybridized carbons (Fsp3) is 1.00. The summed E-state index contributed by atoms with van der Waals surface area (Å²) in [6, 6.07) is 0. The third-order valence-electron chi connectivity index (χ3n) is 4.28. The molecule has 0 spiro atoms. The highest BCUT2D eigenvalue weighted by Gasteiger charge is 2.10. The lowest BCUT2D eigenvalue weighted by Gasteiger charge is -2.16. The largest absolute Gasteiger partial charge is 0.319 e. The molecule has 4 heteroatoms.